The zero-order valence-electron chi connectivity index (χ0n) is 11.0. The number of amides is 1. The molecule has 20 heavy (non-hydrogen) atoms. The van der Waals surface area contributed by atoms with E-state index in [1.165, 1.54) is 11.4 Å². The molecule has 1 fully saturated rings. The number of thiophene rings is 1. The summed E-state index contributed by atoms with van der Waals surface area (Å²) in [5.41, 5.74) is 6.06. The number of sulfonamides is 1. The standard InChI is InChI=1S/C12H19N3O3S2/c13-6-8-3-1-2-4-10(8)15-12(16)9-5-11(19-7-9)20(14,17)18/h5,7-8,10H,1-4,6,13H2,(H,15,16)(H2,14,17,18). The van der Waals surface area contributed by atoms with Crippen LogP contribution in [0, 0.1) is 5.92 Å². The van der Waals surface area contributed by atoms with E-state index in [0.717, 1.165) is 37.0 Å². The molecule has 2 unspecified atom stereocenters. The molecule has 0 aromatic carbocycles. The van der Waals surface area contributed by atoms with Crippen molar-refractivity contribution < 1.29 is 13.2 Å². The van der Waals surface area contributed by atoms with Crippen LogP contribution >= 0.6 is 11.3 Å². The maximum Gasteiger partial charge on any atom is 0.252 e. The van der Waals surface area contributed by atoms with E-state index in [1.54, 1.807) is 0 Å². The lowest BCUT2D eigenvalue weighted by Crippen LogP contribution is -2.44. The van der Waals surface area contributed by atoms with E-state index in [1.807, 2.05) is 0 Å². The molecule has 0 aliphatic heterocycles. The SMILES string of the molecule is NCC1CCCCC1NC(=O)c1csc(S(N)(=O)=O)c1. The van der Waals surface area contributed by atoms with Crippen molar-refractivity contribution in [1.29, 1.82) is 0 Å². The van der Waals surface area contributed by atoms with Gasteiger partial charge in [0.25, 0.3) is 5.91 Å². The Hall–Kier alpha value is -0.960. The second-order valence-electron chi connectivity index (χ2n) is 5.06. The fourth-order valence-corrected chi connectivity index (χ4v) is 4.10. The van der Waals surface area contributed by atoms with E-state index in [-0.39, 0.29) is 16.2 Å². The van der Waals surface area contributed by atoms with E-state index in [9.17, 15) is 13.2 Å². The summed E-state index contributed by atoms with van der Waals surface area (Å²) in [5, 5.41) is 9.49. The van der Waals surface area contributed by atoms with E-state index in [0.29, 0.717) is 18.0 Å². The van der Waals surface area contributed by atoms with Gasteiger partial charge in [-0.15, -0.1) is 11.3 Å². The van der Waals surface area contributed by atoms with Gasteiger partial charge >= 0.3 is 0 Å². The predicted molar refractivity (Wildman–Crippen MR) is 78.0 cm³/mol. The lowest BCUT2D eigenvalue weighted by molar-refractivity contribution is 0.0908. The Morgan fingerprint density at radius 2 is 2.10 bits per heavy atom. The van der Waals surface area contributed by atoms with Crippen LogP contribution in [0.5, 0.6) is 0 Å². The number of carbonyl (C=O) groups excluding carboxylic acids is 1. The molecule has 0 bridgehead atoms. The molecule has 1 aromatic heterocycles. The van der Waals surface area contributed by atoms with E-state index < -0.39 is 10.0 Å². The molecule has 0 radical (unpaired) electrons. The van der Waals surface area contributed by atoms with Gasteiger partial charge in [-0.2, -0.15) is 0 Å². The molecule has 2 atom stereocenters. The minimum Gasteiger partial charge on any atom is -0.349 e. The highest BCUT2D eigenvalue weighted by molar-refractivity contribution is 7.91. The van der Waals surface area contributed by atoms with Crippen LogP contribution in [0.3, 0.4) is 0 Å². The molecular formula is C12H19N3O3S2. The van der Waals surface area contributed by atoms with Gasteiger partial charge in [0.15, 0.2) is 0 Å². The largest absolute Gasteiger partial charge is 0.349 e. The summed E-state index contributed by atoms with van der Waals surface area (Å²) >= 11 is 0.955. The highest BCUT2D eigenvalue weighted by Crippen LogP contribution is 2.24. The van der Waals surface area contributed by atoms with Crippen LogP contribution in [-0.4, -0.2) is 26.9 Å². The Balaban J connectivity index is 2.06. The Morgan fingerprint density at radius 3 is 2.70 bits per heavy atom. The van der Waals surface area contributed by atoms with Crippen LogP contribution in [-0.2, 0) is 10.0 Å². The van der Waals surface area contributed by atoms with Gasteiger partial charge in [0.2, 0.25) is 10.0 Å². The molecule has 0 saturated heterocycles. The summed E-state index contributed by atoms with van der Waals surface area (Å²) in [6.45, 7) is 0.553. The van der Waals surface area contributed by atoms with Crippen LogP contribution in [0.15, 0.2) is 15.7 Å². The molecule has 0 spiro atoms. The first-order valence-corrected chi connectivity index (χ1v) is 8.96. The molecular weight excluding hydrogens is 298 g/mol. The van der Waals surface area contributed by atoms with Crippen LogP contribution in [0.4, 0.5) is 0 Å². The lowest BCUT2D eigenvalue weighted by atomic mass is 9.84. The predicted octanol–water partition coefficient (Wildman–Crippen LogP) is 0.643. The molecule has 2 rings (SSSR count). The van der Waals surface area contributed by atoms with Gasteiger partial charge in [0.05, 0.1) is 5.56 Å². The average Bonchev–Trinajstić information content (AvgIpc) is 2.89. The Labute approximate surface area is 122 Å². The first kappa shape index (κ1) is 15.4. The molecule has 1 aromatic rings. The molecule has 1 saturated carbocycles. The minimum absolute atomic E-state index is 0.00155. The molecule has 6 nitrogen and oxygen atoms in total. The highest BCUT2D eigenvalue weighted by Gasteiger charge is 2.26. The first-order chi connectivity index (χ1) is 9.41. The van der Waals surface area contributed by atoms with Crippen molar-refractivity contribution in [2.75, 3.05) is 6.54 Å². The fourth-order valence-electron chi connectivity index (χ4n) is 2.52. The molecule has 1 amide bonds. The van der Waals surface area contributed by atoms with Crippen molar-refractivity contribution in [3.63, 3.8) is 0 Å². The third-order valence-corrected chi connectivity index (χ3v) is 6.03. The normalized spacial score (nSPS) is 23.5. The van der Waals surface area contributed by atoms with E-state index in [4.69, 9.17) is 10.9 Å². The van der Waals surface area contributed by atoms with E-state index >= 15 is 0 Å². The second kappa shape index (κ2) is 6.21. The maximum atomic E-state index is 12.1. The number of nitrogens with two attached hydrogens (primary N) is 2. The zero-order chi connectivity index (χ0) is 14.8. The first-order valence-electron chi connectivity index (χ1n) is 6.54. The number of hydrogen-bond acceptors (Lipinski definition) is 5. The third-order valence-electron chi connectivity index (χ3n) is 3.65. The molecule has 1 aliphatic carbocycles. The van der Waals surface area contributed by atoms with Gasteiger partial charge in [-0.25, -0.2) is 13.6 Å². The zero-order valence-corrected chi connectivity index (χ0v) is 12.7. The quantitative estimate of drug-likeness (QED) is 0.756. The van der Waals surface area contributed by atoms with E-state index in [2.05, 4.69) is 5.32 Å². The van der Waals surface area contributed by atoms with Crippen molar-refractivity contribution in [1.82, 2.24) is 5.32 Å². The van der Waals surface area contributed by atoms with Crippen molar-refractivity contribution in [2.24, 2.45) is 16.8 Å². The topological polar surface area (TPSA) is 115 Å². The van der Waals surface area contributed by atoms with Crippen LogP contribution in [0.25, 0.3) is 0 Å². The van der Waals surface area contributed by atoms with Gasteiger partial charge in [-0.05, 0) is 31.4 Å². The summed E-state index contributed by atoms with van der Waals surface area (Å²) < 4.78 is 22.4. The third kappa shape index (κ3) is 3.57. The summed E-state index contributed by atoms with van der Waals surface area (Å²) in [4.78, 5) is 12.1. The van der Waals surface area contributed by atoms with Gasteiger partial charge in [0.1, 0.15) is 4.21 Å². The van der Waals surface area contributed by atoms with Gasteiger partial charge in [0, 0.05) is 11.4 Å². The van der Waals surface area contributed by atoms with Gasteiger partial charge in [-0.3, -0.25) is 4.79 Å². The number of primary sulfonamides is 1. The Bertz CT molecular complexity index is 583. The van der Waals surface area contributed by atoms with Crippen LogP contribution in [0.2, 0.25) is 0 Å². The van der Waals surface area contributed by atoms with Gasteiger partial charge in [-0.1, -0.05) is 12.8 Å². The summed E-state index contributed by atoms with van der Waals surface area (Å²) in [5.74, 6) is 0.0329. The number of hydrogen-bond donors (Lipinski definition) is 3. The summed E-state index contributed by atoms with van der Waals surface area (Å²) in [6.07, 6.45) is 4.16. The molecule has 5 N–H and O–H groups in total. The van der Waals surface area contributed by atoms with Crippen molar-refractivity contribution >= 4 is 27.3 Å². The van der Waals surface area contributed by atoms with Crippen molar-refractivity contribution in [3.05, 3.63) is 17.0 Å². The van der Waals surface area contributed by atoms with Gasteiger partial charge < -0.3 is 11.1 Å². The van der Waals surface area contributed by atoms with Crippen molar-refractivity contribution in [3.8, 4) is 0 Å². The Kier molecular flexibility index (Phi) is 4.79. The summed E-state index contributed by atoms with van der Waals surface area (Å²) in [6, 6.07) is 1.38. The minimum atomic E-state index is -3.75. The lowest BCUT2D eigenvalue weighted by Gasteiger charge is -2.31. The maximum absolute atomic E-state index is 12.1. The van der Waals surface area contributed by atoms with Crippen LogP contribution in [0.1, 0.15) is 36.0 Å². The number of nitrogens with one attached hydrogen (secondary N) is 1. The van der Waals surface area contributed by atoms with Crippen molar-refractivity contribution in [2.45, 2.75) is 35.9 Å². The Morgan fingerprint density at radius 1 is 1.40 bits per heavy atom. The second-order valence-corrected chi connectivity index (χ2v) is 7.76. The fraction of sp³-hybridized carbons (Fsp3) is 0.583. The summed E-state index contributed by atoms with van der Waals surface area (Å²) in [7, 11) is -3.75. The average molecular weight is 317 g/mol. The molecule has 1 heterocycles. The smallest absolute Gasteiger partial charge is 0.252 e. The molecule has 112 valence electrons. The van der Waals surface area contributed by atoms with Crippen LogP contribution < -0.4 is 16.2 Å². The molecule has 1 aliphatic rings. The number of carbonyl (C=O) groups is 1. The monoisotopic (exact) mass is 317 g/mol. The highest BCUT2D eigenvalue weighted by atomic mass is 32.2. The molecule has 8 heteroatoms. The number of rotatable bonds is 4.